The quantitative estimate of drug-likeness (QED) is 0.255. The van der Waals surface area contributed by atoms with Gasteiger partial charge in [-0.1, -0.05) is 25.0 Å². The summed E-state index contributed by atoms with van der Waals surface area (Å²) < 4.78 is 2.08. The number of nitrogens with zero attached hydrogens (tertiary/aromatic N) is 8. The molecule has 2 saturated carbocycles. The van der Waals surface area contributed by atoms with Crippen molar-refractivity contribution in [1.29, 1.82) is 0 Å². The van der Waals surface area contributed by atoms with Crippen molar-refractivity contribution in [2.24, 2.45) is 5.41 Å². The van der Waals surface area contributed by atoms with Crippen LogP contribution in [0.4, 0.5) is 23.1 Å². The highest BCUT2D eigenvalue weighted by molar-refractivity contribution is 6.16. The average molecular weight is 757 g/mol. The third-order valence-corrected chi connectivity index (χ3v) is 12.8. The minimum Gasteiger partial charge on any atom is -0.370 e. The number of hydrogen-bond acceptors (Lipinski definition) is 10. The van der Waals surface area contributed by atoms with Crippen LogP contribution in [0.1, 0.15) is 79.0 Å². The van der Waals surface area contributed by atoms with Gasteiger partial charge in [-0.2, -0.15) is 4.98 Å². The van der Waals surface area contributed by atoms with Crippen molar-refractivity contribution in [3.63, 3.8) is 0 Å². The number of aromatic nitrogens is 4. The predicted octanol–water partition coefficient (Wildman–Crippen LogP) is 3.46. The number of imide groups is 1. The van der Waals surface area contributed by atoms with Crippen LogP contribution in [-0.2, 0) is 31.0 Å². The topological polar surface area (TPSA) is 166 Å². The fourth-order valence-electron chi connectivity index (χ4n) is 9.83. The second-order valence-electron chi connectivity index (χ2n) is 16.9. The molecule has 4 aliphatic heterocycles. The number of hydrogen-bond donors (Lipinski definition) is 2. The van der Waals surface area contributed by atoms with Crippen LogP contribution in [0.25, 0.3) is 11.0 Å². The first kappa shape index (κ1) is 34.6. The molecular formula is C41H44N10O5. The monoisotopic (exact) mass is 756 g/mol. The third-order valence-electron chi connectivity index (χ3n) is 12.8. The predicted molar refractivity (Wildman–Crippen MR) is 207 cm³/mol. The molecule has 7 heterocycles. The van der Waals surface area contributed by atoms with Gasteiger partial charge in [0.05, 0.1) is 17.5 Å². The number of nitrogens with one attached hydrogen (secondary N) is 2. The van der Waals surface area contributed by atoms with Crippen molar-refractivity contribution in [2.45, 2.75) is 75.3 Å². The molecular weight excluding hydrogens is 713 g/mol. The fraction of sp³-hybridized carbons (Fsp3) is 0.463. The van der Waals surface area contributed by atoms with E-state index < -0.39 is 17.4 Å². The van der Waals surface area contributed by atoms with Gasteiger partial charge in [0.1, 0.15) is 23.2 Å². The summed E-state index contributed by atoms with van der Waals surface area (Å²) in [4.78, 5) is 86.2. The van der Waals surface area contributed by atoms with Crippen molar-refractivity contribution in [2.75, 3.05) is 55.4 Å². The lowest BCUT2D eigenvalue weighted by atomic mass is 9.72. The normalized spacial score (nSPS) is 22.0. The minimum absolute atomic E-state index is 0.0201. The van der Waals surface area contributed by atoms with Crippen LogP contribution in [0.2, 0.25) is 0 Å². The molecule has 3 aromatic heterocycles. The number of rotatable bonds is 8. The minimum atomic E-state index is -0.676. The first-order valence-electron chi connectivity index (χ1n) is 19.7. The van der Waals surface area contributed by atoms with Gasteiger partial charge < -0.3 is 24.6 Å². The number of carbonyl (C=O) groups excluding carboxylic acids is 5. The summed E-state index contributed by atoms with van der Waals surface area (Å²) in [6, 6.07) is 11.1. The standard InChI is InChI=1S/C41H44N10O5/c1-47(2)37(55)30-17-25-19-43-39(46-35(25)50(30)26-6-3-4-7-26)44-31-12-10-24(18-42-31)16-33(53)49-22-40(23-49)20-48(21-40)27-8-5-9-28-34(27)41(14-15-41)38(56)51(28)29-11-13-32(52)45-36(29)54/h5,8-10,12,17-19,26,29H,3-4,6-7,11,13-16,20-23H2,1-2H3,(H,45,52,54)(H,42,43,44,46)/t29-/m0/s1. The van der Waals surface area contributed by atoms with Crippen molar-refractivity contribution in [3.8, 4) is 0 Å². The van der Waals surface area contributed by atoms with Gasteiger partial charge in [-0.05, 0) is 61.9 Å². The smallest absolute Gasteiger partial charge is 0.270 e. The molecule has 2 spiro atoms. The second kappa shape index (κ2) is 12.6. The molecule has 0 bridgehead atoms. The molecule has 4 aromatic rings. The lowest BCUT2D eigenvalue weighted by Crippen LogP contribution is -2.73. The maximum absolute atomic E-state index is 13.8. The largest absolute Gasteiger partial charge is 0.370 e. The van der Waals surface area contributed by atoms with Gasteiger partial charge in [-0.25, -0.2) is 9.97 Å². The van der Waals surface area contributed by atoms with E-state index in [0.29, 0.717) is 37.0 Å². The van der Waals surface area contributed by atoms with E-state index in [0.717, 1.165) is 85.1 Å². The number of likely N-dealkylation sites (tertiary alicyclic amines) is 1. The summed E-state index contributed by atoms with van der Waals surface area (Å²) >= 11 is 0. The first-order valence-corrected chi connectivity index (χ1v) is 19.7. The van der Waals surface area contributed by atoms with Gasteiger partial charge in [0.2, 0.25) is 29.6 Å². The highest BCUT2D eigenvalue weighted by Crippen LogP contribution is 2.61. The number of anilines is 4. The van der Waals surface area contributed by atoms with Crippen molar-refractivity contribution < 1.29 is 24.0 Å². The van der Waals surface area contributed by atoms with E-state index in [9.17, 15) is 24.0 Å². The Kier molecular flexibility index (Phi) is 7.78. The van der Waals surface area contributed by atoms with Gasteiger partial charge in [0.15, 0.2) is 0 Å². The maximum Gasteiger partial charge on any atom is 0.270 e. The van der Waals surface area contributed by atoms with E-state index in [4.69, 9.17) is 4.98 Å². The zero-order valence-electron chi connectivity index (χ0n) is 31.6. The molecule has 288 valence electrons. The van der Waals surface area contributed by atoms with Crippen LogP contribution >= 0.6 is 0 Å². The Labute approximate surface area is 323 Å². The third kappa shape index (κ3) is 5.45. The average Bonchev–Trinajstić information content (AvgIpc) is 3.47. The molecule has 1 aromatic carbocycles. The SMILES string of the molecule is CN(C)C(=O)c1cc2cnc(Nc3ccc(CC(=O)N4CC5(C4)CN(c4cccc6c4C4(CC4)C(=O)N6[C@H]4CCC(=O)NC4=O)C5)cn3)nc2n1C1CCCC1. The molecule has 5 fully saturated rings. The number of pyridine rings is 1. The van der Waals surface area contributed by atoms with Crippen LogP contribution in [0.15, 0.2) is 48.8 Å². The number of amides is 5. The maximum atomic E-state index is 13.8. The molecule has 15 nitrogen and oxygen atoms in total. The number of fused-ring (bicyclic) bond motifs is 3. The Morgan fingerprint density at radius 3 is 2.41 bits per heavy atom. The van der Waals surface area contributed by atoms with Gasteiger partial charge in [-0.3, -0.25) is 34.2 Å². The summed E-state index contributed by atoms with van der Waals surface area (Å²) in [5, 5.41) is 6.44. The summed E-state index contributed by atoms with van der Waals surface area (Å²) in [7, 11) is 3.52. The molecule has 2 aliphatic carbocycles. The summed E-state index contributed by atoms with van der Waals surface area (Å²) in [6.45, 7) is 2.96. The van der Waals surface area contributed by atoms with Crippen LogP contribution in [0.5, 0.6) is 0 Å². The zero-order valence-corrected chi connectivity index (χ0v) is 31.6. The lowest BCUT2D eigenvalue weighted by molar-refractivity contribution is -0.144. The summed E-state index contributed by atoms with van der Waals surface area (Å²) in [5.74, 6) is 0.222. The van der Waals surface area contributed by atoms with E-state index in [1.807, 2.05) is 35.2 Å². The van der Waals surface area contributed by atoms with E-state index in [1.165, 1.54) is 0 Å². The Bertz CT molecular complexity index is 2330. The van der Waals surface area contributed by atoms with E-state index >= 15 is 0 Å². The zero-order chi connectivity index (χ0) is 38.5. The van der Waals surface area contributed by atoms with E-state index in [2.05, 4.69) is 36.1 Å². The molecule has 6 aliphatic rings. The highest BCUT2D eigenvalue weighted by Gasteiger charge is 2.63. The molecule has 15 heteroatoms. The van der Waals surface area contributed by atoms with Crippen LogP contribution in [0.3, 0.4) is 0 Å². The van der Waals surface area contributed by atoms with Crippen LogP contribution in [0, 0.1) is 5.41 Å². The Hall–Kier alpha value is -5.86. The van der Waals surface area contributed by atoms with Gasteiger partial charge >= 0.3 is 0 Å². The van der Waals surface area contributed by atoms with Crippen LogP contribution < -0.4 is 20.4 Å². The van der Waals surface area contributed by atoms with Gasteiger partial charge in [0.25, 0.3) is 5.91 Å². The fourth-order valence-corrected chi connectivity index (χ4v) is 9.83. The van der Waals surface area contributed by atoms with Crippen LogP contribution in [-0.4, -0.2) is 105 Å². The number of piperidine rings is 1. The second-order valence-corrected chi connectivity index (χ2v) is 16.9. The Morgan fingerprint density at radius 2 is 1.71 bits per heavy atom. The number of benzene rings is 1. The lowest BCUT2D eigenvalue weighted by Gasteiger charge is -2.61. The highest BCUT2D eigenvalue weighted by atomic mass is 16.2. The van der Waals surface area contributed by atoms with E-state index in [1.54, 1.807) is 36.3 Å². The molecule has 10 rings (SSSR count). The molecule has 2 N–H and O–H groups in total. The van der Waals surface area contributed by atoms with Gasteiger partial charge in [0, 0.05) is 87.2 Å². The molecule has 1 atom stereocenters. The van der Waals surface area contributed by atoms with Crippen molar-refractivity contribution >= 4 is 63.7 Å². The molecule has 0 radical (unpaired) electrons. The van der Waals surface area contributed by atoms with Crippen molar-refractivity contribution in [3.05, 3.63) is 65.6 Å². The Morgan fingerprint density at radius 1 is 0.946 bits per heavy atom. The summed E-state index contributed by atoms with van der Waals surface area (Å²) in [5.41, 5.74) is 4.44. The summed E-state index contributed by atoms with van der Waals surface area (Å²) in [6.07, 6.45) is 10.0. The Balaban J connectivity index is 0.770. The first-order chi connectivity index (χ1) is 27.0. The molecule has 56 heavy (non-hydrogen) atoms. The molecule has 0 unspecified atom stereocenters. The van der Waals surface area contributed by atoms with Gasteiger partial charge in [-0.15, -0.1) is 0 Å². The number of carbonyl (C=O) groups is 5. The molecule has 3 saturated heterocycles. The molecule has 5 amide bonds. The van der Waals surface area contributed by atoms with E-state index in [-0.39, 0.29) is 47.9 Å². The van der Waals surface area contributed by atoms with Crippen molar-refractivity contribution in [1.82, 2.24) is 34.6 Å².